The minimum atomic E-state index is 0.352. The van der Waals surface area contributed by atoms with Crippen molar-refractivity contribution in [1.29, 1.82) is 0 Å². The number of aromatic hydroxyl groups is 1. The molecular weight excluding hydrogens is 236 g/mol. The number of hydrogen-bond acceptors (Lipinski definition) is 3. The van der Waals surface area contributed by atoms with E-state index in [1.807, 2.05) is 12.1 Å². The van der Waals surface area contributed by atoms with Crippen LogP contribution < -0.4 is 0 Å². The summed E-state index contributed by atoms with van der Waals surface area (Å²) in [5.41, 5.74) is 1.19. The first kappa shape index (κ1) is 14.4. The Morgan fingerprint density at radius 2 is 2.05 bits per heavy atom. The molecule has 1 aromatic rings. The van der Waals surface area contributed by atoms with Gasteiger partial charge in [0.1, 0.15) is 5.75 Å². The van der Waals surface area contributed by atoms with Crippen LogP contribution in [0.5, 0.6) is 5.75 Å². The monoisotopic (exact) mass is 262 g/mol. The summed E-state index contributed by atoms with van der Waals surface area (Å²) in [6.07, 6.45) is 2.49. The van der Waals surface area contributed by atoms with E-state index < -0.39 is 0 Å². The zero-order valence-electron chi connectivity index (χ0n) is 12.3. The Morgan fingerprint density at radius 1 is 1.37 bits per heavy atom. The lowest BCUT2D eigenvalue weighted by molar-refractivity contribution is 0.104. The molecule has 1 heterocycles. The molecule has 0 bridgehead atoms. The number of rotatable bonds is 4. The first-order valence-corrected chi connectivity index (χ1v) is 7.35. The van der Waals surface area contributed by atoms with Crippen LogP contribution in [0, 0.1) is 0 Å². The van der Waals surface area contributed by atoms with E-state index in [1.54, 1.807) is 6.07 Å². The first-order chi connectivity index (χ1) is 9.11. The molecule has 0 aliphatic carbocycles. The lowest BCUT2D eigenvalue weighted by Gasteiger charge is -2.39. The van der Waals surface area contributed by atoms with Gasteiger partial charge in [-0.25, -0.2) is 0 Å². The SMILES string of the molecule is CCN1CCC(N(C)C(C)c2cccc(O)c2)CC1. The highest BCUT2D eigenvalue weighted by Gasteiger charge is 2.25. The topological polar surface area (TPSA) is 26.7 Å². The maximum Gasteiger partial charge on any atom is 0.115 e. The predicted octanol–water partition coefficient (Wildman–Crippen LogP) is 2.87. The highest BCUT2D eigenvalue weighted by atomic mass is 16.3. The molecule has 1 unspecified atom stereocenters. The minimum absolute atomic E-state index is 0.352. The fourth-order valence-electron chi connectivity index (χ4n) is 2.98. The van der Waals surface area contributed by atoms with Gasteiger partial charge in [-0.05, 0) is 64.1 Å². The van der Waals surface area contributed by atoms with Crippen LogP contribution >= 0.6 is 0 Å². The van der Waals surface area contributed by atoms with Crippen LogP contribution in [0.1, 0.15) is 38.3 Å². The highest BCUT2D eigenvalue weighted by molar-refractivity contribution is 5.29. The third kappa shape index (κ3) is 3.48. The molecule has 19 heavy (non-hydrogen) atoms. The summed E-state index contributed by atoms with van der Waals surface area (Å²) < 4.78 is 0. The second-order valence-electron chi connectivity index (χ2n) is 5.60. The molecule has 1 aliphatic heterocycles. The molecule has 1 aliphatic rings. The van der Waals surface area contributed by atoms with Crippen molar-refractivity contribution < 1.29 is 5.11 Å². The molecule has 1 atom stereocenters. The predicted molar refractivity (Wildman–Crippen MR) is 79.4 cm³/mol. The lowest BCUT2D eigenvalue weighted by Crippen LogP contribution is -2.44. The Balaban J connectivity index is 1.98. The van der Waals surface area contributed by atoms with Gasteiger partial charge in [-0.15, -0.1) is 0 Å². The fraction of sp³-hybridized carbons (Fsp3) is 0.625. The molecule has 0 amide bonds. The Hall–Kier alpha value is -1.06. The van der Waals surface area contributed by atoms with Crippen LogP contribution in [0.4, 0.5) is 0 Å². The number of hydrogen-bond donors (Lipinski definition) is 1. The van der Waals surface area contributed by atoms with Gasteiger partial charge in [-0.2, -0.15) is 0 Å². The normalized spacial score (nSPS) is 19.8. The second kappa shape index (κ2) is 6.40. The maximum absolute atomic E-state index is 9.60. The van der Waals surface area contributed by atoms with Gasteiger partial charge in [0, 0.05) is 12.1 Å². The van der Waals surface area contributed by atoms with Gasteiger partial charge in [-0.1, -0.05) is 19.1 Å². The van der Waals surface area contributed by atoms with Gasteiger partial charge >= 0.3 is 0 Å². The summed E-state index contributed by atoms with van der Waals surface area (Å²) in [4.78, 5) is 4.98. The van der Waals surface area contributed by atoms with Crippen molar-refractivity contribution in [2.75, 3.05) is 26.7 Å². The van der Waals surface area contributed by atoms with Gasteiger partial charge in [-0.3, -0.25) is 4.90 Å². The number of nitrogens with zero attached hydrogens (tertiary/aromatic N) is 2. The van der Waals surface area contributed by atoms with Gasteiger partial charge in [0.05, 0.1) is 0 Å². The van der Waals surface area contributed by atoms with Crippen molar-refractivity contribution in [1.82, 2.24) is 9.80 Å². The third-order valence-electron chi connectivity index (χ3n) is 4.54. The number of benzene rings is 1. The number of piperidine rings is 1. The number of phenols is 1. The van der Waals surface area contributed by atoms with E-state index in [4.69, 9.17) is 0 Å². The van der Waals surface area contributed by atoms with Crippen molar-refractivity contribution in [2.24, 2.45) is 0 Å². The van der Waals surface area contributed by atoms with Crippen molar-refractivity contribution in [3.8, 4) is 5.75 Å². The third-order valence-corrected chi connectivity index (χ3v) is 4.54. The van der Waals surface area contributed by atoms with Crippen molar-refractivity contribution in [3.05, 3.63) is 29.8 Å². The van der Waals surface area contributed by atoms with E-state index in [0.717, 1.165) is 0 Å². The van der Waals surface area contributed by atoms with E-state index in [1.165, 1.54) is 38.0 Å². The molecule has 1 fully saturated rings. The average molecular weight is 262 g/mol. The summed E-state index contributed by atoms with van der Waals surface area (Å²) in [7, 11) is 2.21. The molecule has 0 radical (unpaired) electrons. The summed E-state index contributed by atoms with van der Waals surface area (Å²) >= 11 is 0. The maximum atomic E-state index is 9.60. The van der Waals surface area contributed by atoms with E-state index >= 15 is 0 Å². The Labute approximate surface area is 116 Å². The van der Waals surface area contributed by atoms with E-state index in [9.17, 15) is 5.11 Å². The first-order valence-electron chi connectivity index (χ1n) is 7.35. The van der Waals surface area contributed by atoms with Crippen LogP contribution in [-0.4, -0.2) is 47.6 Å². The largest absolute Gasteiger partial charge is 0.508 e. The molecule has 0 saturated carbocycles. The molecule has 1 N–H and O–H groups in total. The van der Waals surface area contributed by atoms with E-state index in [-0.39, 0.29) is 0 Å². The quantitative estimate of drug-likeness (QED) is 0.904. The molecule has 2 rings (SSSR count). The minimum Gasteiger partial charge on any atom is -0.508 e. The average Bonchev–Trinajstić information content (AvgIpc) is 2.46. The van der Waals surface area contributed by atoms with Crippen molar-refractivity contribution in [2.45, 2.75) is 38.8 Å². The Bertz CT molecular complexity index is 399. The van der Waals surface area contributed by atoms with Gasteiger partial charge < -0.3 is 10.0 Å². The molecule has 0 aromatic heterocycles. The molecule has 0 spiro atoms. The van der Waals surface area contributed by atoms with Crippen LogP contribution in [0.15, 0.2) is 24.3 Å². The molecular formula is C16H26N2O. The van der Waals surface area contributed by atoms with E-state index in [2.05, 4.69) is 36.8 Å². The van der Waals surface area contributed by atoms with Gasteiger partial charge in [0.25, 0.3) is 0 Å². The number of likely N-dealkylation sites (tertiary alicyclic amines) is 1. The number of phenolic OH excluding ortho intramolecular Hbond substituents is 1. The Kier molecular flexibility index (Phi) is 4.83. The zero-order chi connectivity index (χ0) is 13.8. The standard InChI is InChI=1S/C16H26N2O/c1-4-18-10-8-15(9-11-18)17(3)13(2)14-6-5-7-16(19)12-14/h5-7,12-13,15,19H,4,8-11H2,1-3H3. The van der Waals surface area contributed by atoms with Crippen molar-refractivity contribution >= 4 is 0 Å². The van der Waals surface area contributed by atoms with Crippen LogP contribution in [0.25, 0.3) is 0 Å². The second-order valence-corrected chi connectivity index (χ2v) is 5.60. The molecule has 106 valence electrons. The van der Waals surface area contributed by atoms with Crippen molar-refractivity contribution in [3.63, 3.8) is 0 Å². The fourth-order valence-corrected chi connectivity index (χ4v) is 2.98. The van der Waals surface area contributed by atoms with Crippen LogP contribution in [0.3, 0.4) is 0 Å². The van der Waals surface area contributed by atoms with Crippen LogP contribution in [-0.2, 0) is 0 Å². The van der Waals surface area contributed by atoms with Gasteiger partial charge in [0.15, 0.2) is 0 Å². The smallest absolute Gasteiger partial charge is 0.115 e. The van der Waals surface area contributed by atoms with E-state index in [0.29, 0.717) is 17.8 Å². The lowest BCUT2D eigenvalue weighted by atomic mass is 9.99. The molecule has 3 heteroatoms. The Morgan fingerprint density at radius 3 is 2.63 bits per heavy atom. The zero-order valence-corrected chi connectivity index (χ0v) is 12.3. The highest BCUT2D eigenvalue weighted by Crippen LogP contribution is 2.27. The summed E-state index contributed by atoms with van der Waals surface area (Å²) in [6.45, 7) is 8.04. The molecule has 1 saturated heterocycles. The molecule has 3 nitrogen and oxygen atoms in total. The summed E-state index contributed by atoms with van der Waals surface area (Å²) in [5.74, 6) is 0.360. The van der Waals surface area contributed by atoms with Crippen LogP contribution in [0.2, 0.25) is 0 Å². The molecule has 1 aromatic carbocycles. The van der Waals surface area contributed by atoms with Gasteiger partial charge in [0.2, 0.25) is 0 Å². The summed E-state index contributed by atoms with van der Waals surface area (Å²) in [5, 5.41) is 9.60. The summed E-state index contributed by atoms with van der Waals surface area (Å²) in [6, 6.07) is 8.64.